The van der Waals surface area contributed by atoms with Crippen LogP contribution in [0.5, 0.6) is 0 Å². The molecule has 0 amide bonds. The second-order valence-corrected chi connectivity index (χ2v) is 10.6. The number of rotatable bonds is 3. The average Bonchev–Trinajstić information content (AvgIpc) is 3.34. The summed E-state index contributed by atoms with van der Waals surface area (Å²) in [7, 11) is 3.13. The number of halogens is 2. The van der Waals surface area contributed by atoms with Crippen LogP contribution < -0.4 is 0 Å². The molecule has 8 unspecified atom stereocenters. The Balaban J connectivity index is 1.44. The lowest BCUT2D eigenvalue weighted by molar-refractivity contribution is -0.159. The Morgan fingerprint density at radius 2 is 1.81 bits per heavy atom. The van der Waals surface area contributed by atoms with Gasteiger partial charge in [-0.05, 0) is 12.8 Å². The highest BCUT2D eigenvalue weighted by molar-refractivity contribution is 6.24. The molecule has 0 aromatic rings. The first-order valence-corrected chi connectivity index (χ1v) is 12.3. The molecule has 1 spiro atoms. The monoisotopic (exact) mass is 470 g/mol. The summed E-state index contributed by atoms with van der Waals surface area (Å²) in [6.45, 7) is 1.85. The molecule has 10 atom stereocenters. The summed E-state index contributed by atoms with van der Waals surface area (Å²) < 4.78 is 38.3. The number of fused-ring (bicyclic) bond motifs is 1. The first-order valence-electron chi connectivity index (χ1n) is 11.8. The highest BCUT2D eigenvalue weighted by Crippen LogP contribution is 2.53. The number of carbonyl (C=O) groups excluding carboxylic acids is 2. The van der Waals surface area contributed by atoms with Gasteiger partial charge < -0.3 is 18.9 Å². The molecule has 0 bridgehead atoms. The first-order chi connectivity index (χ1) is 15.3. The number of alkyl halides is 2. The van der Waals surface area contributed by atoms with Crippen LogP contribution in [-0.2, 0) is 28.5 Å². The van der Waals surface area contributed by atoms with Crippen molar-refractivity contribution in [2.45, 2.75) is 93.4 Å². The maximum atomic E-state index is 14.6. The molecule has 6 nitrogen and oxygen atoms in total. The molecule has 2 saturated carbocycles. The second kappa shape index (κ2) is 8.33. The molecule has 0 aromatic carbocycles. The van der Waals surface area contributed by atoms with Gasteiger partial charge in [0.2, 0.25) is 5.78 Å². The van der Waals surface area contributed by atoms with Crippen LogP contribution in [-0.4, -0.2) is 67.4 Å². The maximum absolute atomic E-state index is 14.6. The van der Waals surface area contributed by atoms with Crippen LogP contribution in [0.1, 0.15) is 51.9 Å². The van der Waals surface area contributed by atoms with Crippen LogP contribution in [0.2, 0.25) is 0 Å². The van der Waals surface area contributed by atoms with Crippen molar-refractivity contribution in [2.24, 2.45) is 17.8 Å². The fourth-order valence-electron chi connectivity index (χ4n) is 6.74. The first kappa shape index (κ1) is 22.8. The van der Waals surface area contributed by atoms with E-state index in [1.54, 1.807) is 14.2 Å². The average molecular weight is 471 g/mol. The van der Waals surface area contributed by atoms with Gasteiger partial charge in [-0.25, -0.2) is 4.39 Å². The molecule has 3 fully saturated rings. The summed E-state index contributed by atoms with van der Waals surface area (Å²) >= 11 is 6.67. The molecule has 2 heterocycles. The number of carbonyl (C=O) groups is 2. The van der Waals surface area contributed by atoms with Crippen molar-refractivity contribution in [3.8, 4) is 0 Å². The second-order valence-electron chi connectivity index (χ2n) is 10.1. The van der Waals surface area contributed by atoms with E-state index in [1.807, 2.05) is 6.92 Å². The van der Waals surface area contributed by atoms with Crippen molar-refractivity contribution < 1.29 is 32.9 Å². The van der Waals surface area contributed by atoms with Crippen molar-refractivity contribution in [2.75, 3.05) is 14.2 Å². The van der Waals surface area contributed by atoms with E-state index in [1.165, 1.54) is 0 Å². The summed E-state index contributed by atoms with van der Waals surface area (Å²) in [4.78, 5) is 27.7. The van der Waals surface area contributed by atoms with Crippen LogP contribution in [0.4, 0.5) is 4.39 Å². The van der Waals surface area contributed by atoms with Gasteiger partial charge >= 0.3 is 0 Å². The van der Waals surface area contributed by atoms with E-state index < -0.39 is 41.2 Å². The van der Waals surface area contributed by atoms with E-state index in [0.717, 1.165) is 19.3 Å². The van der Waals surface area contributed by atoms with Crippen LogP contribution in [0.25, 0.3) is 0 Å². The smallest absolute Gasteiger partial charge is 0.202 e. The lowest BCUT2D eigenvalue weighted by Crippen LogP contribution is -2.54. The summed E-state index contributed by atoms with van der Waals surface area (Å²) in [5.41, 5.74) is -1.08. The topological polar surface area (TPSA) is 71.1 Å². The van der Waals surface area contributed by atoms with E-state index in [0.29, 0.717) is 37.0 Å². The highest BCUT2D eigenvalue weighted by atomic mass is 35.5. The molecular weight excluding hydrogens is 439 g/mol. The highest BCUT2D eigenvalue weighted by Gasteiger charge is 2.69. The van der Waals surface area contributed by atoms with Crippen molar-refractivity contribution >= 4 is 23.2 Å². The third-order valence-corrected chi connectivity index (χ3v) is 9.06. The molecule has 3 aliphatic carbocycles. The van der Waals surface area contributed by atoms with Crippen molar-refractivity contribution in [3.05, 3.63) is 11.3 Å². The molecule has 8 heteroatoms. The third-order valence-electron chi connectivity index (χ3n) is 8.53. The SMILES string of the molecule is COC1CC(OC)C2C(=O)[C@@]3(OC2C1Cl)C(=O)C1=C(C[C@H]3C)OC(C2CCCCC2F)C1. The zero-order chi connectivity index (χ0) is 22.8. The van der Waals surface area contributed by atoms with Crippen LogP contribution >= 0.6 is 11.6 Å². The molecule has 0 aromatic heterocycles. The molecule has 5 rings (SSSR count). The fourth-order valence-corrected chi connectivity index (χ4v) is 7.15. The Bertz CT molecular complexity index is 831. The molecular formula is C24H32ClFO6. The lowest BCUT2D eigenvalue weighted by Gasteiger charge is -2.39. The number of Topliss-reactive ketones (excluding diaryl/α,β-unsaturated/α-hetero) is 2. The van der Waals surface area contributed by atoms with Gasteiger partial charge in [-0.1, -0.05) is 19.8 Å². The normalized spacial score (nSPS) is 48.7. The van der Waals surface area contributed by atoms with Gasteiger partial charge in [-0.3, -0.25) is 9.59 Å². The number of methoxy groups -OCH3 is 2. The van der Waals surface area contributed by atoms with E-state index in [4.69, 9.17) is 30.5 Å². The molecule has 0 radical (unpaired) electrons. The van der Waals surface area contributed by atoms with Crippen molar-refractivity contribution in [1.82, 2.24) is 0 Å². The number of allylic oxidation sites excluding steroid dienone is 1. The minimum absolute atomic E-state index is 0.205. The lowest BCUT2D eigenvalue weighted by atomic mass is 9.68. The molecule has 32 heavy (non-hydrogen) atoms. The fraction of sp³-hybridized carbons (Fsp3) is 0.833. The van der Waals surface area contributed by atoms with Crippen LogP contribution in [0.3, 0.4) is 0 Å². The standard InChI is InChI=1S/C24H32ClFO6/c1-11-8-15-13(9-16(31-15)12-6-4-5-7-14(12)26)22(27)24(11)23(28)19-17(29-2)10-18(30-3)20(25)21(19)32-24/h11-12,14,16-21H,4-10H2,1-3H3/t11-,12?,14?,16?,17?,18?,19?,20?,21?,24+/m1/s1. The Morgan fingerprint density at radius 1 is 1.09 bits per heavy atom. The van der Waals surface area contributed by atoms with E-state index in [2.05, 4.69) is 0 Å². The maximum Gasteiger partial charge on any atom is 0.202 e. The zero-order valence-electron chi connectivity index (χ0n) is 18.9. The minimum atomic E-state index is -1.58. The van der Waals surface area contributed by atoms with Gasteiger partial charge in [0.25, 0.3) is 0 Å². The van der Waals surface area contributed by atoms with Gasteiger partial charge in [0.1, 0.15) is 18.0 Å². The van der Waals surface area contributed by atoms with Gasteiger partial charge in [0, 0.05) is 50.9 Å². The third kappa shape index (κ3) is 3.14. The van der Waals surface area contributed by atoms with E-state index in [9.17, 15) is 14.0 Å². The Kier molecular flexibility index (Phi) is 5.92. The minimum Gasteiger partial charge on any atom is -0.494 e. The summed E-state index contributed by atoms with van der Waals surface area (Å²) in [5, 5.41) is -0.558. The number of hydrogen-bond acceptors (Lipinski definition) is 6. The molecule has 2 aliphatic heterocycles. The van der Waals surface area contributed by atoms with E-state index >= 15 is 0 Å². The number of ether oxygens (including phenoxy) is 4. The van der Waals surface area contributed by atoms with Gasteiger partial charge in [-0.2, -0.15) is 0 Å². The summed E-state index contributed by atoms with van der Waals surface area (Å²) in [5.74, 6) is -1.18. The molecule has 5 aliphatic rings. The number of ketones is 2. The van der Waals surface area contributed by atoms with E-state index in [-0.39, 0.29) is 29.7 Å². The van der Waals surface area contributed by atoms with Crippen LogP contribution in [0, 0.1) is 17.8 Å². The largest absolute Gasteiger partial charge is 0.494 e. The predicted molar refractivity (Wildman–Crippen MR) is 114 cm³/mol. The predicted octanol–water partition coefficient (Wildman–Crippen LogP) is 3.53. The molecule has 0 N–H and O–H groups in total. The zero-order valence-corrected chi connectivity index (χ0v) is 19.6. The van der Waals surface area contributed by atoms with Crippen LogP contribution in [0.15, 0.2) is 11.3 Å². The van der Waals surface area contributed by atoms with Gasteiger partial charge in [0.05, 0.1) is 29.6 Å². The Labute approximate surface area is 193 Å². The van der Waals surface area contributed by atoms with Crippen molar-refractivity contribution in [1.29, 1.82) is 0 Å². The summed E-state index contributed by atoms with van der Waals surface area (Å²) in [6.07, 6.45) is 1.75. The van der Waals surface area contributed by atoms with Gasteiger partial charge in [-0.15, -0.1) is 11.6 Å². The molecule has 1 saturated heterocycles. The quantitative estimate of drug-likeness (QED) is 0.464. The Morgan fingerprint density at radius 3 is 2.50 bits per heavy atom. The Hall–Kier alpha value is -1.02. The van der Waals surface area contributed by atoms with Gasteiger partial charge in [0.15, 0.2) is 11.4 Å². The molecule has 178 valence electrons. The van der Waals surface area contributed by atoms with Crippen molar-refractivity contribution in [3.63, 3.8) is 0 Å². The summed E-state index contributed by atoms with van der Waals surface area (Å²) in [6, 6.07) is 0. The number of hydrogen-bond donors (Lipinski definition) is 0.